The zero-order valence-electron chi connectivity index (χ0n) is 13.3. The summed E-state index contributed by atoms with van der Waals surface area (Å²) in [5.74, 6) is 0.0866. The van der Waals surface area contributed by atoms with Crippen LogP contribution in [0.3, 0.4) is 0 Å². The van der Waals surface area contributed by atoms with E-state index >= 15 is 0 Å². The Bertz CT molecular complexity index is 308. The highest BCUT2D eigenvalue weighted by Gasteiger charge is 2.40. The van der Waals surface area contributed by atoms with E-state index in [1.807, 2.05) is 13.8 Å². The van der Waals surface area contributed by atoms with E-state index in [-0.39, 0.29) is 24.4 Å². The van der Waals surface area contributed by atoms with Crippen molar-refractivity contribution in [2.24, 2.45) is 22.0 Å². The van der Waals surface area contributed by atoms with Crippen molar-refractivity contribution in [3.8, 4) is 0 Å². The number of nitrogens with two attached hydrogens (primary N) is 1. The van der Waals surface area contributed by atoms with Gasteiger partial charge in [-0.05, 0) is 43.9 Å². The van der Waals surface area contributed by atoms with E-state index in [0.717, 1.165) is 12.8 Å². The number of hydrogen-bond donors (Lipinski definition) is 2. The molecular formula is C15H31ClN2O. The number of amides is 1. The molecular weight excluding hydrogens is 260 g/mol. The van der Waals surface area contributed by atoms with Gasteiger partial charge in [0.2, 0.25) is 5.91 Å². The molecule has 4 heteroatoms. The smallest absolute Gasteiger partial charge is 0.227 e. The van der Waals surface area contributed by atoms with Crippen LogP contribution >= 0.6 is 12.4 Å². The summed E-state index contributed by atoms with van der Waals surface area (Å²) in [4.78, 5) is 12.2. The van der Waals surface area contributed by atoms with Crippen molar-refractivity contribution in [2.75, 3.05) is 6.54 Å². The molecule has 0 aliphatic heterocycles. The maximum atomic E-state index is 12.2. The van der Waals surface area contributed by atoms with Crippen LogP contribution in [0.1, 0.15) is 60.8 Å². The lowest BCUT2D eigenvalue weighted by atomic mass is 9.63. The molecule has 0 heterocycles. The molecule has 0 bridgehead atoms. The lowest BCUT2D eigenvalue weighted by Crippen LogP contribution is -2.51. The van der Waals surface area contributed by atoms with Crippen LogP contribution in [0.5, 0.6) is 0 Å². The monoisotopic (exact) mass is 290 g/mol. The minimum atomic E-state index is -0.467. The Kier molecular flexibility index (Phi) is 5.92. The summed E-state index contributed by atoms with van der Waals surface area (Å²) in [7, 11) is 0. The Morgan fingerprint density at radius 1 is 1.21 bits per heavy atom. The van der Waals surface area contributed by atoms with E-state index in [9.17, 15) is 4.79 Å². The van der Waals surface area contributed by atoms with Gasteiger partial charge in [-0.3, -0.25) is 4.79 Å². The molecule has 0 atom stereocenters. The summed E-state index contributed by atoms with van der Waals surface area (Å²) in [6.45, 7) is 13.4. The average Bonchev–Trinajstić information content (AvgIpc) is 2.12. The minimum absolute atomic E-state index is 0. The second-order valence-electron chi connectivity index (χ2n) is 8.17. The average molecular weight is 291 g/mol. The van der Waals surface area contributed by atoms with Gasteiger partial charge in [-0.15, -0.1) is 12.4 Å². The van der Waals surface area contributed by atoms with E-state index in [4.69, 9.17) is 5.73 Å². The van der Waals surface area contributed by atoms with Gasteiger partial charge in [0.15, 0.2) is 0 Å². The van der Waals surface area contributed by atoms with Gasteiger partial charge in [-0.1, -0.05) is 27.7 Å². The molecule has 1 rings (SSSR count). The number of halogens is 1. The predicted octanol–water partition coefficient (Wildman–Crippen LogP) is 3.11. The number of hydrogen-bond acceptors (Lipinski definition) is 2. The summed E-state index contributed by atoms with van der Waals surface area (Å²) >= 11 is 0. The molecule has 19 heavy (non-hydrogen) atoms. The first-order valence-electron chi connectivity index (χ1n) is 6.99. The van der Waals surface area contributed by atoms with Crippen molar-refractivity contribution in [2.45, 2.75) is 66.8 Å². The van der Waals surface area contributed by atoms with Crippen LogP contribution in [0, 0.1) is 16.2 Å². The van der Waals surface area contributed by atoms with Crippen LogP contribution in [0.15, 0.2) is 0 Å². The molecule has 0 aromatic rings. The first kappa shape index (κ1) is 18.7. The third kappa shape index (κ3) is 5.31. The maximum Gasteiger partial charge on any atom is 0.227 e. The van der Waals surface area contributed by atoms with Crippen molar-refractivity contribution in [3.63, 3.8) is 0 Å². The summed E-state index contributed by atoms with van der Waals surface area (Å²) in [5, 5.41) is 3.20. The first-order chi connectivity index (χ1) is 7.97. The standard InChI is InChI=1S/C15H30N2O.ClH/c1-13(2)7-11(8-14(3,4)9-13)17-12(18)15(5,6)10-16;/h11H,7-10,16H2,1-6H3,(H,17,18);1H. The van der Waals surface area contributed by atoms with Gasteiger partial charge in [0.1, 0.15) is 0 Å². The van der Waals surface area contributed by atoms with E-state index in [2.05, 4.69) is 33.0 Å². The van der Waals surface area contributed by atoms with Gasteiger partial charge in [-0.2, -0.15) is 0 Å². The van der Waals surface area contributed by atoms with Gasteiger partial charge < -0.3 is 11.1 Å². The highest BCUT2D eigenvalue weighted by Crippen LogP contribution is 2.45. The van der Waals surface area contributed by atoms with Crippen LogP contribution in [0.25, 0.3) is 0 Å². The Hall–Kier alpha value is -0.280. The largest absolute Gasteiger partial charge is 0.353 e. The van der Waals surface area contributed by atoms with Gasteiger partial charge in [0.05, 0.1) is 5.41 Å². The molecule has 1 amide bonds. The summed E-state index contributed by atoms with van der Waals surface area (Å²) in [5.41, 5.74) is 5.79. The van der Waals surface area contributed by atoms with Crippen molar-refractivity contribution in [3.05, 3.63) is 0 Å². The molecule has 114 valence electrons. The molecule has 0 unspecified atom stereocenters. The van der Waals surface area contributed by atoms with Gasteiger partial charge in [-0.25, -0.2) is 0 Å². The lowest BCUT2D eigenvalue weighted by Gasteiger charge is -2.45. The van der Waals surface area contributed by atoms with E-state index in [1.165, 1.54) is 6.42 Å². The second kappa shape index (κ2) is 6.01. The SMILES string of the molecule is CC1(C)CC(NC(=O)C(C)(C)CN)CC(C)(C)C1.Cl. The topological polar surface area (TPSA) is 55.1 Å². The Morgan fingerprint density at radius 3 is 2.00 bits per heavy atom. The molecule has 0 aromatic carbocycles. The molecule has 1 aliphatic rings. The van der Waals surface area contributed by atoms with Crippen LogP contribution < -0.4 is 11.1 Å². The van der Waals surface area contributed by atoms with Crippen LogP contribution in [0.4, 0.5) is 0 Å². The van der Waals surface area contributed by atoms with E-state index in [0.29, 0.717) is 17.4 Å². The number of nitrogens with one attached hydrogen (secondary N) is 1. The Balaban J connectivity index is 0.00000324. The number of rotatable bonds is 3. The van der Waals surface area contributed by atoms with E-state index < -0.39 is 5.41 Å². The first-order valence-corrected chi connectivity index (χ1v) is 6.99. The van der Waals surface area contributed by atoms with Gasteiger partial charge >= 0.3 is 0 Å². The molecule has 0 radical (unpaired) electrons. The number of carbonyl (C=O) groups is 1. The van der Waals surface area contributed by atoms with Crippen LogP contribution in [-0.2, 0) is 4.79 Å². The Morgan fingerprint density at radius 2 is 1.63 bits per heavy atom. The lowest BCUT2D eigenvalue weighted by molar-refractivity contribution is -0.130. The van der Waals surface area contributed by atoms with E-state index in [1.54, 1.807) is 0 Å². The molecule has 0 spiro atoms. The molecule has 3 nitrogen and oxygen atoms in total. The number of carbonyl (C=O) groups excluding carboxylic acids is 1. The third-order valence-electron chi connectivity index (χ3n) is 4.02. The molecule has 0 saturated heterocycles. The molecule has 3 N–H and O–H groups in total. The zero-order valence-corrected chi connectivity index (χ0v) is 14.1. The summed E-state index contributed by atoms with van der Waals surface area (Å²) < 4.78 is 0. The fourth-order valence-electron chi connectivity index (χ4n) is 3.42. The predicted molar refractivity (Wildman–Crippen MR) is 83.4 cm³/mol. The van der Waals surface area contributed by atoms with Crippen molar-refractivity contribution >= 4 is 18.3 Å². The molecule has 1 aliphatic carbocycles. The normalized spacial score (nSPS) is 22.5. The quantitative estimate of drug-likeness (QED) is 0.839. The maximum absolute atomic E-state index is 12.2. The van der Waals surface area contributed by atoms with Gasteiger partial charge in [0, 0.05) is 12.6 Å². The highest BCUT2D eigenvalue weighted by molar-refractivity contribution is 5.85. The van der Waals surface area contributed by atoms with Crippen molar-refractivity contribution in [1.29, 1.82) is 0 Å². The molecule has 0 aromatic heterocycles. The fourth-order valence-corrected chi connectivity index (χ4v) is 3.42. The highest BCUT2D eigenvalue weighted by atomic mass is 35.5. The fraction of sp³-hybridized carbons (Fsp3) is 0.933. The molecule has 1 saturated carbocycles. The van der Waals surface area contributed by atoms with Crippen LogP contribution in [0.2, 0.25) is 0 Å². The third-order valence-corrected chi connectivity index (χ3v) is 4.02. The van der Waals surface area contributed by atoms with Crippen molar-refractivity contribution < 1.29 is 4.79 Å². The Labute approximate surface area is 124 Å². The zero-order chi connectivity index (χ0) is 14.2. The van der Waals surface area contributed by atoms with Crippen LogP contribution in [-0.4, -0.2) is 18.5 Å². The molecule has 1 fully saturated rings. The summed E-state index contributed by atoms with van der Waals surface area (Å²) in [6.07, 6.45) is 3.33. The van der Waals surface area contributed by atoms with Crippen molar-refractivity contribution in [1.82, 2.24) is 5.32 Å². The minimum Gasteiger partial charge on any atom is -0.353 e. The second-order valence-corrected chi connectivity index (χ2v) is 8.17. The summed E-state index contributed by atoms with van der Waals surface area (Å²) in [6, 6.07) is 0.280. The van der Waals surface area contributed by atoms with Gasteiger partial charge in [0.25, 0.3) is 0 Å².